The normalized spacial score (nSPS) is 21.5. The molecule has 0 saturated carbocycles. The minimum absolute atomic E-state index is 0.0358. The van der Waals surface area contributed by atoms with Crippen molar-refractivity contribution in [1.29, 1.82) is 0 Å². The van der Waals surface area contributed by atoms with E-state index in [1.807, 2.05) is 37.3 Å². The van der Waals surface area contributed by atoms with E-state index in [4.69, 9.17) is 0 Å². The summed E-state index contributed by atoms with van der Waals surface area (Å²) >= 11 is 4.04. The molecule has 0 aliphatic carbocycles. The number of aryl methyl sites for hydroxylation is 1. The Bertz CT molecular complexity index is 851. The Morgan fingerprint density at radius 1 is 1.15 bits per heavy atom. The molecular weight excluding hydrogens is 477 g/mol. The maximum Gasteiger partial charge on any atom is 0.243 e. The first kappa shape index (κ1) is 19.9. The van der Waals surface area contributed by atoms with Crippen molar-refractivity contribution < 1.29 is 8.42 Å². The number of hydrogen-bond donors (Lipinski definition) is 0. The van der Waals surface area contributed by atoms with Gasteiger partial charge in [0.25, 0.3) is 0 Å². The predicted molar refractivity (Wildman–Crippen MR) is 119 cm³/mol. The number of rotatable bonds is 6. The lowest BCUT2D eigenvalue weighted by Crippen LogP contribution is -2.37. The lowest BCUT2D eigenvalue weighted by Gasteiger charge is -2.23. The van der Waals surface area contributed by atoms with Crippen molar-refractivity contribution in [3.8, 4) is 0 Å². The molecule has 0 N–H and O–H groups in total. The van der Waals surface area contributed by atoms with E-state index >= 15 is 0 Å². The lowest BCUT2D eigenvalue weighted by atomic mass is 10.2. The molecule has 3 rings (SSSR count). The number of thioether (sulfide) groups is 1. The molecule has 0 aromatic heterocycles. The Morgan fingerprint density at radius 3 is 2.54 bits per heavy atom. The van der Waals surface area contributed by atoms with Crippen LogP contribution in [0.4, 0.5) is 0 Å². The van der Waals surface area contributed by atoms with E-state index in [9.17, 15) is 8.42 Å². The fourth-order valence-corrected chi connectivity index (χ4v) is 6.94. The first-order chi connectivity index (χ1) is 12.5. The topological polar surface area (TPSA) is 37.4 Å². The molecule has 2 atom stereocenters. The second-order valence-corrected chi connectivity index (χ2v) is 11.0. The minimum Gasteiger partial charge on any atom is -0.207 e. The zero-order chi connectivity index (χ0) is 18.6. The first-order valence-corrected chi connectivity index (χ1v) is 12.3. The van der Waals surface area contributed by atoms with Crippen molar-refractivity contribution in [3.63, 3.8) is 0 Å². The Hall–Kier alpha value is -0.830. The van der Waals surface area contributed by atoms with Crippen LogP contribution in [0.5, 0.6) is 0 Å². The molecule has 3 nitrogen and oxygen atoms in total. The van der Waals surface area contributed by atoms with Crippen molar-refractivity contribution in [2.24, 2.45) is 0 Å². The van der Waals surface area contributed by atoms with E-state index in [0.29, 0.717) is 15.4 Å². The van der Waals surface area contributed by atoms with Crippen molar-refractivity contribution in [1.82, 2.24) is 4.31 Å². The maximum absolute atomic E-state index is 13.1. The molecule has 2 aromatic rings. The molecular formula is C20H22INO2S2. The highest BCUT2D eigenvalue weighted by Crippen LogP contribution is 2.32. The first-order valence-electron chi connectivity index (χ1n) is 8.52. The largest absolute Gasteiger partial charge is 0.243 e. The Morgan fingerprint density at radius 2 is 1.85 bits per heavy atom. The minimum atomic E-state index is -3.44. The standard InChI is InChI=1S/C20H22INO2S2/c1-16-7-9-20(10-8-16)26(23,24)22-14-18(21)13-19(22)15-25-12-11-17-5-3-2-4-6-17/h2-12,18-19H,13-15H2,1H3/b12-11+/t18?,19-/m0/s1. The van der Waals surface area contributed by atoms with E-state index in [-0.39, 0.29) is 6.04 Å². The average Bonchev–Trinajstić information content (AvgIpc) is 3.01. The molecule has 0 bridgehead atoms. The molecule has 0 amide bonds. The highest BCUT2D eigenvalue weighted by atomic mass is 127. The molecule has 0 spiro atoms. The zero-order valence-electron chi connectivity index (χ0n) is 14.6. The summed E-state index contributed by atoms with van der Waals surface area (Å²) in [5.41, 5.74) is 2.22. The van der Waals surface area contributed by atoms with Gasteiger partial charge in [-0.05, 0) is 42.5 Å². The number of halogens is 1. The van der Waals surface area contributed by atoms with Crippen molar-refractivity contribution >= 4 is 50.5 Å². The summed E-state index contributed by atoms with van der Waals surface area (Å²) in [6, 6.07) is 17.3. The molecule has 1 unspecified atom stereocenters. The number of sulfonamides is 1. The third-order valence-electron chi connectivity index (χ3n) is 4.39. The van der Waals surface area contributed by atoms with Crippen molar-refractivity contribution in [2.45, 2.75) is 28.2 Å². The fourth-order valence-electron chi connectivity index (χ4n) is 2.98. The van der Waals surface area contributed by atoms with Crippen LogP contribution in [0.15, 0.2) is 64.9 Å². The molecule has 1 fully saturated rings. The Labute approximate surface area is 174 Å². The third-order valence-corrected chi connectivity index (χ3v) is 8.13. The van der Waals surface area contributed by atoms with Gasteiger partial charge in [0.15, 0.2) is 0 Å². The zero-order valence-corrected chi connectivity index (χ0v) is 18.4. The van der Waals surface area contributed by atoms with Crippen LogP contribution < -0.4 is 0 Å². The quantitative estimate of drug-likeness (QED) is 0.416. The van der Waals surface area contributed by atoms with Crippen LogP contribution in [0.25, 0.3) is 6.08 Å². The fraction of sp³-hybridized carbons (Fsp3) is 0.300. The number of alkyl halides is 1. The highest BCUT2D eigenvalue weighted by molar-refractivity contribution is 14.1. The van der Waals surface area contributed by atoms with Crippen LogP contribution in [-0.4, -0.2) is 35.0 Å². The van der Waals surface area contributed by atoms with E-state index in [0.717, 1.165) is 23.3 Å². The molecule has 1 heterocycles. The van der Waals surface area contributed by atoms with Gasteiger partial charge < -0.3 is 0 Å². The van der Waals surface area contributed by atoms with Gasteiger partial charge >= 0.3 is 0 Å². The van der Waals surface area contributed by atoms with Gasteiger partial charge in [0.1, 0.15) is 0 Å². The summed E-state index contributed by atoms with van der Waals surface area (Å²) in [5, 5.41) is 2.06. The van der Waals surface area contributed by atoms with Crippen LogP contribution in [0.2, 0.25) is 0 Å². The average molecular weight is 499 g/mol. The number of benzene rings is 2. The van der Waals surface area contributed by atoms with Gasteiger partial charge in [0, 0.05) is 22.3 Å². The van der Waals surface area contributed by atoms with Gasteiger partial charge in [0.2, 0.25) is 10.0 Å². The molecule has 2 aromatic carbocycles. The molecule has 6 heteroatoms. The summed E-state index contributed by atoms with van der Waals surface area (Å²) in [6.07, 6.45) is 2.97. The van der Waals surface area contributed by atoms with E-state index < -0.39 is 10.0 Å². The van der Waals surface area contributed by atoms with E-state index in [1.54, 1.807) is 28.2 Å². The SMILES string of the molecule is Cc1ccc(S(=O)(=O)N2CC(I)C[C@H]2CS/C=C/c2ccccc2)cc1. The van der Waals surface area contributed by atoms with Crippen LogP contribution in [0, 0.1) is 6.92 Å². The molecule has 1 saturated heterocycles. The molecule has 26 heavy (non-hydrogen) atoms. The van der Waals surface area contributed by atoms with Gasteiger partial charge in [-0.2, -0.15) is 4.31 Å². The Kier molecular flexibility index (Phi) is 6.82. The van der Waals surface area contributed by atoms with Gasteiger partial charge in [0.05, 0.1) is 4.90 Å². The number of nitrogens with zero attached hydrogens (tertiary/aromatic N) is 1. The Balaban J connectivity index is 1.68. The maximum atomic E-state index is 13.1. The van der Waals surface area contributed by atoms with Gasteiger partial charge in [-0.1, -0.05) is 70.6 Å². The second kappa shape index (κ2) is 8.91. The second-order valence-electron chi connectivity index (χ2n) is 6.42. The van der Waals surface area contributed by atoms with Crippen LogP contribution in [0.1, 0.15) is 17.5 Å². The van der Waals surface area contributed by atoms with Gasteiger partial charge in [-0.15, -0.1) is 11.8 Å². The highest BCUT2D eigenvalue weighted by Gasteiger charge is 2.38. The lowest BCUT2D eigenvalue weighted by molar-refractivity contribution is 0.413. The van der Waals surface area contributed by atoms with E-state index in [2.05, 4.69) is 46.2 Å². The molecule has 1 aliphatic heterocycles. The smallest absolute Gasteiger partial charge is 0.207 e. The molecule has 138 valence electrons. The van der Waals surface area contributed by atoms with Crippen molar-refractivity contribution in [3.05, 3.63) is 71.1 Å². The summed E-state index contributed by atoms with van der Waals surface area (Å²) in [4.78, 5) is 0.392. The summed E-state index contributed by atoms with van der Waals surface area (Å²) in [5.74, 6) is 0.772. The van der Waals surface area contributed by atoms with E-state index in [1.165, 1.54) is 0 Å². The summed E-state index contributed by atoms with van der Waals surface area (Å²) < 4.78 is 28.2. The number of hydrogen-bond acceptors (Lipinski definition) is 3. The van der Waals surface area contributed by atoms with Crippen LogP contribution in [0.3, 0.4) is 0 Å². The van der Waals surface area contributed by atoms with Gasteiger partial charge in [-0.25, -0.2) is 8.42 Å². The monoisotopic (exact) mass is 499 g/mol. The third kappa shape index (κ3) is 4.91. The summed E-state index contributed by atoms with van der Waals surface area (Å²) in [7, 11) is -3.44. The van der Waals surface area contributed by atoms with Crippen molar-refractivity contribution in [2.75, 3.05) is 12.3 Å². The van der Waals surface area contributed by atoms with Crippen LogP contribution >= 0.6 is 34.4 Å². The van der Waals surface area contributed by atoms with Gasteiger partial charge in [-0.3, -0.25) is 0 Å². The van der Waals surface area contributed by atoms with Crippen LogP contribution in [-0.2, 0) is 10.0 Å². The molecule has 1 aliphatic rings. The predicted octanol–water partition coefficient (Wildman–Crippen LogP) is 4.97. The summed E-state index contributed by atoms with van der Waals surface area (Å²) in [6.45, 7) is 2.55. The molecule has 0 radical (unpaired) electrons.